The highest BCUT2D eigenvalue weighted by molar-refractivity contribution is 6.00. The van der Waals surface area contributed by atoms with Gasteiger partial charge in [0, 0.05) is 89.3 Å². The van der Waals surface area contributed by atoms with Gasteiger partial charge in [0.05, 0.1) is 18.4 Å². The van der Waals surface area contributed by atoms with Crippen molar-refractivity contribution in [3.8, 4) is 0 Å². The summed E-state index contributed by atoms with van der Waals surface area (Å²) in [6.07, 6.45) is 5.06. The Balaban J connectivity index is 1.23. The highest BCUT2D eigenvalue weighted by Crippen LogP contribution is 2.27. The molecule has 3 saturated heterocycles. The van der Waals surface area contributed by atoms with Crippen molar-refractivity contribution in [1.82, 2.24) is 83.2 Å². The highest BCUT2D eigenvalue weighted by Gasteiger charge is 2.45. The summed E-state index contributed by atoms with van der Waals surface area (Å²) in [5, 5.41) is 45.7. The quantitative estimate of drug-likeness (QED) is 0.0237. The average molecular weight is 1260 g/mol. The molecule has 0 aliphatic carbocycles. The number of likely N-dealkylation sites (tertiary alicyclic amines) is 2. The van der Waals surface area contributed by atoms with Crippen LogP contribution in [0.2, 0.25) is 0 Å². The fourth-order valence-corrected chi connectivity index (χ4v) is 11.5. The Morgan fingerprint density at radius 3 is 1.96 bits per heavy atom. The van der Waals surface area contributed by atoms with Gasteiger partial charge in [0.25, 0.3) is 0 Å². The van der Waals surface area contributed by atoms with Gasteiger partial charge in [0.15, 0.2) is 11.9 Å². The predicted molar refractivity (Wildman–Crippen MR) is 332 cm³/mol. The molecule has 490 valence electrons. The van der Waals surface area contributed by atoms with E-state index >= 15 is 14.4 Å². The van der Waals surface area contributed by atoms with Crippen LogP contribution in [0.1, 0.15) is 94.4 Å². The second-order valence-corrected chi connectivity index (χ2v) is 22.8. The Hall–Kier alpha value is -10.1. The molecule has 0 spiro atoms. The highest BCUT2D eigenvalue weighted by atomic mass is 16.2. The van der Waals surface area contributed by atoms with Crippen molar-refractivity contribution in [2.45, 2.75) is 151 Å². The Bertz CT molecular complexity index is 3250. The number of nitrogens with two attached hydrogens (primary N) is 2. The summed E-state index contributed by atoms with van der Waals surface area (Å²) in [5.74, 6) is -8.65. The molecule has 3 aliphatic heterocycles. The molecule has 2 aromatic carbocycles. The maximum Gasteiger partial charge on any atom is 0.246 e. The molecule has 5 heterocycles. The molecule has 91 heavy (non-hydrogen) atoms. The predicted octanol–water partition coefficient (Wildman–Crippen LogP) is -3.11. The van der Waals surface area contributed by atoms with Crippen LogP contribution in [0.3, 0.4) is 0 Å². The number of nitrogens with zero attached hydrogens (tertiary/aromatic N) is 3. The maximum absolute atomic E-state index is 15.3. The second kappa shape index (κ2) is 33.5. The van der Waals surface area contributed by atoms with E-state index in [-0.39, 0.29) is 109 Å². The summed E-state index contributed by atoms with van der Waals surface area (Å²) in [5.41, 5.74) is 13.2. The van der Waals surface area contributed by atoms with E-state index in [0.717, 1.165) is 0 Å². The lowest BCUT2D eigenvalue weighted by atomic mass is 10.0. The summed E-state index contributed by atoms with van der Waals surface area (Å²) < 4.78 is 0. The van der Waals surface area contributed by atoms with E-state index < -0.39 is 126 Å². The molecule has 7 rings (SSSR count). The molecule has 19 N–H and O–H groups in total. The van der Waals surface area contributed by atoms with Gasteiger partial charge in [-0.05, 0) is 81.4 Å². The van der Waals surface area contributed by atoms with Crippen LogP contribution in [0, 0.1) is 10.8 Å². The Kier molecular flexibility index (Phi) is 25.2. The summed E-state index contributed by atoms with van der Waals surface area (Å²) in [6, 6.07) is 4.02. The van der Waals surface area contributed by atoms with Gasteiger partial charge >= 0.3 is 0 Å². The largest absolute Gasteiger partial charge is 0.370 e. The molecule has 0 saturated carbocycles. The first-order valence-electron chi connectivity index (χ1n) is 30.6. The number of hydrogen-bond donors (Lipinski definition) is 17. The summed E-state index contributed by atoms with van der Waals surface area (Å²) >= 11 is 0. The summed E-state index contributed by atoms with van der Waals surface area (Å²) in [7, 11) is 1.42. The first kappa shape index (κ1) is 68.4. The van der Waals surface area contributed by atoms with Crippen LogP contribution in [-0.2, 0) is 72.0 Å². The van der Waals surface area contributed by atoms with Crippen molar-refractivity contribution >= 4 is 87.8 Å². The molecule has 31 heteroatoms. The lowest BCUT2D eigenvalue weighted by Crippen LogP contribution is -2.61. The van der Waals surface area contributed by atoms with Gasteiger partial charge in [0.1, 0.15) is 54.4 Å². The number of H-pyrrole nitrogens is 2. The van der Waals surface area contributed by atoms with Gasteiger partial charge < -0.3 is 89.7 Å². The van der Waals surface area contributed by atoms with Crippen molar-refractivity contribution < 1.29 is 52.7 Å². The average Bonchev–Trinajstić information content (AvgIpc) is 2.41. The number of aromatic nitrogens is 3. The van der Waals surface area contributed by atoms with Crippen LogP contribution >= 0.6 is 0 Å². The number of imidazole rings is 1. The van der Waals surface area contributed by atoms with Gasteiger partial charge in [-0.25, -0.2) is 4.98 Å². The van der Waals surface area contributed by atoms with E-state index in [0.29, 0.717) is 47.0 Å². The zero-order chi connectivity index (χ0) is 65.6. The van der Waals surface area contributed by atoms with Gasteiger partial charge in [0.2, 0.25) is 65.0 Å². The lowest BCUT2D eigenvalue weighted by molar-refractivity contribution is -0.148. The van der Waals surface area contributed by atoms with Gasteiger partial charge in [-0.3, -0.25) is 63.6 Å². The zero-order valence-corrected chi connectivity index (χ0v) is 51.0. The number of nitrogens with one attached hydrogen (secondary N) is 15. The van der Waals surface area contributed by atoms with Crippen LogP contribution in [-0.4, -0.2) is 196 Å². The SMILES string of the molecule is CNC(=O)[C@H](CCCNC(=N)N)NC(=O)[C@@H]1CCCN1C(=O)[C@@H]1CCCN1C(=O)[C@@H]1CC(=O)NCCC[C@H](NC(C)=O)C(=O)N[C@@H](Cc2c[nH]cn2)C(=O)N[C@H](Cc2ccccc2)C(=O)N[C@@H](CCCNC(=N)N)C(=O)N[C@@H](Cc2c[nH]c3ccccc23)C(=O)N1. The number of carbonyl (C=O) groups is 11. The second-order valence-electron chi connectivity index (χ2n) is 22.8. The Labute approximate surface area is 525 Å². The smallest absolute Gasteiger partial charge is 0.246 e. The topological polar surface area (TPSA) is 471 Å². The maximum atomic E-state index is 15.3. The van der Waals surface area contributed by atoms with Crippen LogP contribution in [0.25, 0.3) is 10.9 Å². The lowest BCUT2D eigenvalue weighted by Gasteiger charge is -2.33. The van der Waals surface area contributed by atoms with E-state index in [2.05, 4.69) is 73.4 Å². The molecule has 4 aromatic rings. The number of para-hydroxylation sites is 1. The van der Waals surface area contributed by atoms with Crippen molar-refractivity contribution in [3.63, 3.8) is 0 Å². The van der Waals surface area contributed by atoms with Crippen molar-refractivity contribution in [2.75, 3.05) is 39.8 Å². The van der Waals surface area contributed by atoms with E-state index in [1.807, 2.05) is 6.07 Å². The van der Waals surface area contributed by atoms with Crippen LogP contribution < -0.4 is 70.0 Å². The third-order valence-electron chi connectivity index (χ3n) is 16.1. The number of fused-ring (bicyclic) bond motifs is 1. The Morgan fingerprint density at radius 1 is 0.681 bits per heavy atom. The van der Waals surface area contributed by atoms with E-state index in [1.54, 1.807) is 54.7 Å². The summed E-state index contributed by atoms with van der Waals surface area (Å²) in [6.45, 7) is 1.57. The number of amides is 11. The fourth-order valence-electron chi connectivity index (χ4n) is 11.5. The minimum atomic E-state index is -1.69. The van der Waals surface area contributed by atoms with E-state index in [9.17, 15) is 38.4 Å². The normalized spacial score (nSPS) is 22.7. The van der Waals surface area contributed by atoms with Crippen molar-refractivity contribution in [3.05, 3.63) is 90.1 Å². The third-order valence-corrected chi connectivity index (χ3v) is 16.1. The molecule has 0 bridgehead atoms. The molecule has 3 aliphatic rings. The van der Waals surface area contributed by atoms with Crippen LogP contribution in [0.4, 0.5) is 0 Å². The number of hydrogen-bond acceptors (Lipinski definition) is 14. The first-order chi connectivity index (χ1) is 43.7. The fraction of sp³-hybridized carbons (Fsp3) is 0.500. The number of likely N-dealkylation sites (N-methyl/N-ethyl adjacent to an activating group) is 1. The molecule has 0 radical (unpaired) electrons. The van der Waals surface area contributed by atoms with Crippen molar-refractivity contribution in [1.29, 1.82) is 10.8 Å². The van der Waals surface area contributed by atoms with Gasteiger partial charge in [-0.15, -0.1) is 0 Å². The molecule has 31 nitrogen and oxygen atoms in total. The first-order valence-corrected chi connectivity index (χ1v) is 30.6. The van der Waals surface area contributed by atoms with Crippen LogP contribution in [0.5, 0.6) is 0 Å². The monoisotopic (exact) mass is 1260 g/mol. The molecule has 9 atom stereocenters. The van der Waals surface area contributed by atoms with E-state index in [1.165, 1.54) is 36.3 Å². The number of benzene rings is 2. The minimum Gasteiger partial charge on any atom is -0.370 e. The number of guanidine groups is 2. The number of aromatic amines is 2. The molecule has 3 fully saturated rings. The minimum absolute atomic E-state index is 0.0111. The Morgan fingerprint density at radius 2 is 1.29 bits per heavy atom. The van der Waals surface area contributed by atoms with Crippen molar-refractivity contribution in [2.24, 2.45) is 11.5 Å². The standard InChI is InChI=1S/C60H84N20O11/c1-34(81)72-41-18-8-22-67-49(82)30-46(57(90)80-26-12-21-48(80)58(91)79-25-11-20-47(79)56(89)74-40(50(83)65-2)17-9-23-68-59(61)62)78-54(87)44(28-36-31-70-39-16-7-6-15-38(36)39)76-52(85)42(19-10-24-69-60(63)64)73-53(86)43(27-35-13-4-3-5-14-35)75-55(88)45(77-51(41)84)29-37-32-66-33-71-37/h3-7,13-16,31-33,40-48,70H,8-12,17-30H2,1-2H3,(H,65,83)(H,66,71)(H,67,82)(H,72,81)(H,73,86)(H,74,89)(H,75,88)(H,76,85)(H,77,84)(H,78,87)(H4,61,62,68)(H4,63,64,69)/t40-,41-,42-,43+,44-,45-,46-,47-,48-/m0/s1. The molecule has 0 unspecified atom stereocenters. The zero-order valence-electron chi connectivity index (χ0n) is 51.0. The molecular formula is C60H84N20O11. The third kappa shape index (κ3) is 19.9. The number of rotatable bonds is 20. The molecule has 11 amide bonds. The van der Waals surface area contributed by atoms with Gasteiger partial charge in [-0.2, -0.15) is 0 Å². The molecular weight excluding hydrogens is 1180 g/mol. The number of carbonyl (C=O) groups excluding carboxylic acids is 11. The van der Waals surface area contributed by atoms with E-state index in [4.69, 9.17) is 22.3 Å². The molecule has 2 aromatic heterocycles. The van der Waals surface area contributed by atoms with Crippen LogP contribution in [0.15, 0.2) is 73.3 Å². The summed E-state index contributed by atoms with van der Waals surface area (Å²) in [4.78, 5) is 171. The van der Waals surface area contributed by atoms with Gasteiger partial charge in [-0.1, -0.05) is 48.5 Å².